The van der Waals surface area contributed by atoms with Gasteiger partial charge in [0.2, 0.25) is 0 Å². The molecule has 1 heterocycles. The molecule has 1 amide bonds. The number of nitrogens with one attached hydrogen (secondary N) is 1. The third-order valence-electron chi connectivity index (χ3n) is 4.30. The highest BCUT2D eigenvalue weighted by Gasteiger charge is 2.39. The molecular formula is C21H14F6N2O2. The predicted octanol–water partition coefficient (Wildman–Crippen LogP) is 4.69. The fraction of sp³-hybridized carbons (Fsp3) is 0.143. The van der Waals surface area contributed by atoms with E-state index in [2.05, 4.69) is 10.3 Å². The second-order valence-electron chi connectivity index (χ2n) is 6.61. The van der Waals surface area contributed by atoms with Gasteiger partial charge in [0.1, 0.15) is 17.5 Å². The third-order valence-corrected chi connectivity index (χ3v) is 4.30. The standard InChI is InChI=1S/C21H14F6N2O2/c22-15-1-2-17(18(24)7-15)12-4-13(19(30)21(25,26)27)6-14(5-12)20(31)29-9-11-3-16(23)10-28-8-11/h1-8,10,19,30H,9H2,(H,29,31). The van der Waals surface area contributed by atoms with Crippen molar-refractivity contribution in [1.29, 1.82) is 0 Å². The summed E-state index contributed by atoms with van der Waals surface area (Å²) in [5.74, 6) is -3.45. The summed E-state index contributed by atoms with van der Waals surface area (Å²) in [5, 5.41) is 12.0. The van der Waals surface area contributed by atoms with E-state index in [1.165, 1.54) is 6.20 Å². The normalized spacial score (nSPS) is 12.5. The van der Waals surface area contributed by atoms with Crippen LogP contribution >= 0.6 is 0 Å². The lowest BCUT2D eigenvalue weighted by molar-refractivity contribution is -0.206. The number of aliphatic hydroxyl groups is 1. The molecule has 0 saturated heterocycles. The topological polar surface area (TPSA) is 62.2 Å². The number of pyridine rings is 1. The van der Waals surface area contributed by atoms with Gasteiger partial charge >= 0.3 is 6.18 Å². The summed E-state index contributed by atoms with van der Waals surface area (Å²) in [6.45, 7) is -0.185. The Morgan fingerprint density at radius 2 is 1.74 bits per heavy atom. The molecule has 0 aliphatic rings. The number of aromatic nitrogens is 1. The van der Waals surface area contributed by atoms with E-state index in [9.17, 15) is 36.2 Å². The van der Waals surface area contributed by atoms with Gasteiger partial charge in [-0.2, -0.15) is 13.2 Å². The number of alkyl halides is 3. The van der Waals surface area contributed by atoms with Crippen LogP contribution in [0, 0.1) is 17.5 Å². The predicted molar refractivity (Wildman–Crippen MR) is 98.2 cm³/mol. The van der Waals surface area contributed by atoms with E-state index in [-0.39, 0.29) is 23.2 Å². The summed E-state index contributed by atoms with van der Waals surface area (Å²) in [5.41, 5.74) is -1.16. The molecule has 1 unspecified atom stereocenters. The highest BCUT2D eigenvalue weighted by molar-refractivity contribution is 5.95. The SMILES string of the molecule is O=C(NCc1cncc(F)c1)c1cc(-c2ccc(F)cc2F)cc(C(O)C(F)(F)F)c1. The van der Waals surface area contributed by atoms with Crippen molar-refractivity contribution in [1.82, 2.24) is 10.3 Å². The quantitative estimate of drug-likeness (QED) is 0.566. The fourth-order valence-corrected chi connectivity index (χ4v) is 2.85. The molecule has 0 spiro atoms. The van der Waals surface area contributed by atoms with Crippen LogP contribution in [0.25, 0.3) is 11.1 Å². The van der Waals surface area contributed by atoms with Gasteiger partial charge in [-0.1, -0.05) is 0 Å². The van der Waals surface area contributed by atoms with Crippen molar-refractivity contribution in [2.45, 2.75) is 18.8 Å². The average molecular weight is 440 g/mol. The Morgan fingerprint density at radius 1 is 1.00 bits per heavy atom. The lowest BCUT2D eigenvalue weighted by Gasteiger charge is -2.17. The van der Waals surface area contributed by atoms with Crippen molar-refractivity contribution in [2.75, 3.05) is 0 Å². The van der Waals surface area contributed by atoms with Gasteiger partial charge < -0.3 is 10.4 Å². The van der Waals surface area contributed by atoms with E-state index in [1.54, 1.807) is 0 Å². The van der Waals surface area contributed by atoms with Crippen molar-refractivity contribution in [3.63, 3.8) is 0 Å². The van der Waals surface area contributed by atoms with Crippen LogP contribution in [0.2, 0.25) is 0 Å². The van der Waals surface area contributed by atoms with Crippen LogP contribution in [0.4, 0.5) is 26.3 Å². The zero-order valence-electron chi connectivity index (χ0n) is 15.6. The lowest BCUT2D eigenvalue weighted by Crippen LogP contribution is -2.24. The third kappa shape index (κ3) is 5.40. The largest absolute Gasteiger partial charge is 0.418 e. The Morgan fingerprint density at radius 3 is 2.39 bits per heavy atom. The van der Waals surface area contributed by atoms with Crippen molar-refractivity contribution >= 4 is 5.91 Å². The smallest absolute Gasteiger partial charge is 0.379 e. The molecule has 0 bridgehead atoms. The molecule has 0 aliphatic carbocycles. The first kappa shape index (κ1) is 22.3. The van der Waals surface area contributed by atoms with Crippen molar-refractivity contribution in [3.8, 4) is 11.1 Å². The minimum Gasteiger partial charge on any atom is -0.379 e. The number of carbonyl (C=O) groups excluding carboxylic acids is 1. The summed E-state index contributed by atoms with van der Waals surface area (Å²) in [4.78, 5) is 16.1. The second kappa shape index (κ2) is 8.76. The maximum Gasteiger partial charge on any atom is 0.418 e. The number of carbonyl (C=O) groups is 1. The first-order valence-electron chi connectivity index (χ1n) is 8.77. The molecule has 0 fully saturated rings. The van der Waals surface area contributed by atoms with Gasteiger partial charge in [0.25, 0.3) is 5.91 Å². The molecule has 2 N–H and O–H groups in total. The van der Waals surface area contributed by atoms with Crippen molar-refractivity contribution < 1.29 is 36.2 Å². The van der Waals surface area contributed by atoms with Crippen LogP contribution in [-0.4, -0.2) is 22.2 Å². The zero-order valence-corrected chi connectivity index (χ0v) is 15.6. The Kier molecular flexibility index (Phi) is 6.30. The molecule has 162 valence electrons. The summed E-state index contributed by atoms with van der Waals surface area (Å²) in [6, 6.07) is 6.33. The fourth-order valence-electron chi connectivity index (χ4n) is 2.85. The van der Waals surface area contributed by atoms with Gasteiger partial charge in [-0.05, 0) is 53.1 Å². The molecule has 2 aromatic carbocycles. The zero-order chi connectivity index (χ0) is 22.8. The van der Waals surface area contributed by atoms with E-state index >= 15 is 0 Å². The highest BCUT2D eigenvalue weighted by atomic mass is 19.4. The van der Waals surface area contributed by atoms with Crippen molar-refractivity contribution in [2.24, 2.45) is 0 Å². The van der Waals surface area contributed by atoms with Gasteiger partial charge in [0.05, 0.1) is 6.20 Å². The van der Waals surface area contributed by atoms with Gasteiger partial charge in [0.15, 0.2) is 6.10 Å². The molecule has 10 heteroatoms. The number of hydrogen-bond donors (Lipinski definition) is 2. The molecule has 1 aromatic heterocycles. The minimum absolute atomic E-state index is 0.170. The Balaban J connectivity index is 1.99. The van der Waals surface area contributed by atoms with Crippen LogP contribution in [0.5, 0.6) is 0 Å². The number of hydrogen-bond acceptors (Lipinski definition) is 3. The lowest BCUT2D eigenvalue weighted by atomic mass is 9.96. The van der Waals surface area contributed by atoms with Gasteiger partial charge in [-0.3, -0.25) is 9.78 Å². The summed E-state index contributed by atoms with van der Waals surface area (Å²) < 4.78 is 79.7. The Labute approximate surface area is 172 Å². The number of halogens is 6. The van der Waals surface area contributed by atoms with Crippen LogP contribution < -0.4 is 5.32 Å². The van der Waals surface area contributed by atoms with E-state index in [1.807, 2.05) is 0 Å². The molecule has 3 rings (SSSR count). The van der Waals surface area contributed by atoms with Gasteiger partial charge in [-0.15, -0.1) is 0 Å². The summed E-state index contributed by atoms with van der Waals surface area (Å²) >= 11 is 0. The molecule has 0 aliphatic heterocycles. The average Bonchev–Trinajstić information content (AvgIpc) is 2.70. The van der Waals surface area contributed by atoms with E-state index in [4.69, 9.17) is 0 Å². The second-order valence-corrected chi connectivity index (χ2v) is 6.61. The van der Waals surface area contributed by atoms with Crippen LogP contribution in [0.3, 0.4) is 0 Å². The van der Waals surface area contributed by atoms with Crippen LogP contribution in [0.15, 0.2) is 54.9 Å². The molecule has 31 heavy (non-hydrogen) atoms. The van der Waals surface area contributed by atoms with Crippen LogP contribution in [-0.2, 0) is 6.54 Å². The Hall–Kier alpha value is -3.40. The first-order chi connectivity index (χ1) is 14.5. The van der Waals surface area contributed by atoms with E-state index in [0.717, 1.165) is 42.6 Å². The number of nitrogens with zero attached hydrogens (tertiary/aromatic N) is 1. The minimum atomic E-state index is -5.04. The van der Waals surface area contributed by atoms with Gasteiger partial charge in [-0.25, -0.2) is 13.2 Å². The molecule has 0 radical (unpaired) electrons. The maximum absolute atomic E-state index is 14.2. The van der Waals surface area contributed by atoms with Gasteiger partial charge in [0, 0.05) is 29.9 Å². The number of amides is 1. The monoisotopic (exact) mass is 440 g/mol. The number of aliphatic hydroxyl groups excluding tert-OH is 1. The molecule has 1 atom stereocenters. The number of benzene rings is 2. The van der Waals surface area contributed by atoms with E-state index < -0.39 is 41.2 Å². The first-order valence-corrected chi connectivity index (χ1v) is 8.77. The van der Waals surface area contributed by atoms with Crippen LogP contribution in [0.1, 0.15) is 27.6 Å². The molecule has 0 saturated carbocycles. The summed E-state index contributed by atoms with van der Waals surface area (Å²) in [6.07, 6.45) is -5.74. The highest BCUT2D eigenvalue weighted by Crippen LogP contribution is 2.35. The molecule has 3 aromatic rings. The maximum atomic E-state index is 14.2. The molecule has 4 nitrogen and oxygen atoms in total. The van der Waals surface area contributed by atoms with E-state index in [0.29, 0.717) is 11.6 Å². The summed E-state index contributed by atoms with van der Waals surface area (Å²) in [7, 11) is 0. The molecular weight excluding hydrogens is 426 g/mol. The number of rotatable bonds is 5. The van der Waals surface area contributed by atoms with Crippen molar-refractivity contribution in [3.05, 3.63) is 89.0 Å². The Bertz CT molecular complexity index is 1120.